The molecule has 4 rings (SSSR count). The third-order valence-electron chi connectivity index (χ3n) is 6.14. The van der Waals surface area contributed by atoms with Crippen molar-refractivity contribution in [2.75, 3.05) is 5.32 Å². The van der Waals surface area contributed by atoms with Crippen LogP contribution in [-0.4, -0.2) is 11.8 Å². The Hall–Kier alpha value is -4.43. The quantitative estimate of drug-likeness (QED) is 0.271. The van der Waals surface area contributed by atoms with Crippen LogP contribution in [0.25, 0.3) is 11.1 Å². The number of aryl methyl sites for hydroxylation is 1. The largest absolute Gasteiger partial charge is 0.416 e. The predicted molar refractivity (Wildman–Crippen MR) is 141 cm³/mol. The predicted octanol–water partition coefficient (Wildman–Crippen LogP) is 6.25. The molecule has 2 amide bonds. The van der Waals surface area contributed by atoms with Gasteiger partial charge in [-0.3, -0.25) is 9.59 Å². The van der Waals surface area contributed by atoms with Gasteiger partial charge in [0.25, 0.3) is 5.91 Å². The maximum atomic E-state index is 13.1. The molecule has 0 aliphatic heterocycles. The van der Waals surface area contributed by atoms with Gasteiger partial charge in [-0.15, -0.1) is 0 Å². The molecule has 0 heterocycles. The van der Waals surface area contributed by atoms with Crippen LogP contribution in [0.4, 0.5) is 18.9 Å². The van der Waals surface area contributed by atoms with Crippen LogP contribution >= 0.6 is 0 Å². The van der Waals surface area contributed by atoms with E-state index in [0.29, 0.717) is 22.4 Å². The first kappa shape index (κ1) is 26.6. The summed E-state index contributed by atoms with van der Waals surface area (Å²) in [5.41, 5.74) is 9.55. The molecule has 0 radical (unpaired) electrons. The molecule has 4 N–H and O–H groups in total. The monoisotopic (exact) mass is 517 g/mol. The van der Waals surface area contributed by atoms with Gasteiger partial charge in [-0.05, 0) is 59.0 Å². The van der Waals surface area contributed by atoms with E-state index in [-0.39, 0.29) is 12.5 Å². The maximum Gasteiger partial charge on any atom is 0.416 e. The lowest BCUT2D eigenvalue weighted by molar-refractivity contribution is -0.137. The number of halogens is 3. The Kier molecular flexibility index (Phi) is 7.93. The standard InChI is InChI=1S/C30H26F3N3O2/c1-19-17-20(18-35-29(38)27(34)22-7-3-2-4-8-22)11-16-26(19)36-28(37)25-10-6-5-9-24(25)21-12-14-23(15-13-21)30(31,32)33/h2-17,27H,18,34H2,1H3,(H,35,38)(H,36,37). The summed E-state index contributed by atoms with van der Waals surface area (Å²) in [4.78, 5) is 25.6. The molecule has 0 fully saturated rings. The van der Waals surface area contributed by atoms with E-state index in [0.717, 1.165) is 28.8 Å². The van der Waals surface area contributed by atoms with Crippen molar-refractivity contribution >= 4 is 17.5 Å². The van der Waals surface area contributed by atoms with Gasteiger partial charge in [-0.1, -0.05) is 72.8 Å². The Morgan fingerprint density at radius 1 is 0.868 bits per heavy atom. The summed E-state index contributed by atoms with van der Waals surface area (Å²) in [5, 5.41) is 5.71. The van der Waals surface area contributed by atoms with Gasteiger partial charge in [-0.25, -0.2) is 0 Å². The molecule has 0 saturated heterocycles. The highest BCUT2D eigenvalue weighted by Gasteiger charge is 2.30. The van der Waals surface area contributed by atoms with Gasteiger partial charge in [-0.2, -0.15) is 13.2 Å². The molecular weight excluding hydrogens is 491 g/mol. The van der Waals surface area contributed by atoms with E-state index in [1.807, 2.05) is 31.2 Å². The number of carbonyl (C=O) groups is 2. The molecule has 0 aromatic heterocycles. The van der Waals surface area contributed by atoms with Gasteiger partial charge in [0.05, 0.1) is 5.56 Å². The zero-order valence-corrected chi connectivity index (χ0v) is 20.5. The summed E-state index contributed by atoms with van der Waals surface area (Å²) in [6.45, 7) is 2.10. The third-order valence-corrected chi connectivity index (χ3v) is 6.14. The van der Waals surface area contributed by atoms with Crippen LogP contribution in [0.15, 0.2) is 97.1 Å². The van der Waals surface area contributed by atoms with Crippen LogP contribution in [-0.2, 0) is 17.5 Å². The fourth-order valence-electron chi connectivity index (χ4n) is 4.05. The van der Waals surface area contributed by atoms with Crippen LogP contribution in [0.5, 0.6) is 0 Å². The number of hydrogen-bond donors (Lipinski definition) is 3. The molecular formula is C30H26F3N3O2. The lowest BCUT2D eigenvalue weighted by atomic mass is 9.98. The molecule has 0 bridgehead atoms. The summed E-state index contributed by atoms with van der Waals surface area (Å²) in [5.74, 6) is -0.690. The molecule has 0 aliphatic rings. The lowest BCUT2D eigenvalue weighted by Crippen LogP contribution is -2.33. The number of benzene rings is 4. The number of nitrogens with one attached hydrogen (secondary N) is 2. The summed E-state index contributed by atoms with van der Waals surface area (Å²) >= 11 is 0. The lowest BCUT2D eigenvalue weighted by Gasteiger charge is -2.15. The summed E-state index contributed by atoms with van der Waals surface area (Å²) in [6.07, 6.45) is -4.43. The number of hydrogen-bond acceptors (Lipinski definition) is 3. The molecule has 0 aliphatic carbocycles. The van der Waals surface area contributed by atoms with Gasteiger partial charge >= 0.3 is 6.18 Å². The highest BCUT2D eigenvalue weighted by molar-refractivity contribution is 6.09. The van der Waals surface area contributed by atoms with Crippen molar-refractivity contribution in [2.24, 2.45) is 5.73 Å². The first-order valence-corrected chi connectivity index (χ1v) is 11.9. The smallest absolute Gasteiger partial charge is 0.350 e. The molecule has 194 valence electrons. The Balaban J connectivity index is 1.44. The summed E-state index contributed by atoms with van der Waals surface area (Å²) in [6, 6.07) is 25.1. The van der Waals surface area contributed by atoms with Crippen LogP contribution < -0.4 is 16.4 Å². The Morgan fingerprint density at radius 2 is 1.53 bits per heavy atom. The normalized spacial score (nSPS) is 12.0. The van der Waals surface area contributed by atoms with E-state index in [2.05, 4.69) is 10.6 Å². The topological polar surface area (TPSA) is 84.2 Å². The third kappa shape index (κ3) is 6.27. The highest BCUT2D eigenvalue weighted by atomic mass is 19.4. The molecule has 0 spiro atoms. The average Bonchev–Trinajstić information content (AvgIpc) is 2.92. The summed E-state index contributed by atoms with van der Waals surface area (Å²) < 4.78 is 38.8. The minimum atomic E-state index is -4.43. The van der Waals surface area contributed by atoms with Crippen molar-refractivity contribution in [2.45, 2.75) is 25.7 Å². The zero-order chi connectivity index (χ0) is 27.3. The van der Waals surface area contributed by atoms with E-state index < -0.39 is 23.7 Å². The number of alkyl halides is 3. The molecule has 4 aromatic rings. The van der Waals surface area contributed by atoms with Gasteiger partial charge < -0.3 is 16.4 Å². The molecule has 38 heavy (non-hydrogen) atoms. The van der Waals surface area contributed by atoms with Crippen molar-refractivity contribution in [3.05, 3.63) is 125 Å². The van der Waals surface area contributed by atoms with Gasteiger partial charge in [0, 0.05) is 17.8 Å². The molecule has 1 unspecified atom stereocenters. The second-order valence-corrected chi connectivity index (χ2v) is 8.83. The number of anilines is 1. The highest BCUT2D eigenvalue weighted by Crippen LogP contribution is 2.32. The molecule has 0 saturated carbocycles. The van der Waals surface area contributed by atoms with Crippen LogP contribution in [0, 0.1) is 6.92 Å². The zero-order valence-electron chi connectivity index (χ0n) is 20.5. The number of nitrogens with two attached hydrogens (primary N) is 1. The molecule has 1 atom stereocenters. The van der Waals surface area contributed by atoms with E-state index in [4.69, 9.17) is 5.73 Å². The number of rotatable bonds is 7. The SMILES string of the molecule is Cc1cc(CNC(=O)C(N)c2ccccc2)ccc1NC(=O)c1ccccc1-c1ccc(C(F)(F)F)cc1. The van der Waals surface area contributed by atoms with Crippen LogP contribution in [0.1, 0.15) is 38.7 Å². The Morgan fingerprint density at radius 3 is 2.18 bits per heavy atom. The second-order valence-electron chi connectivity index (χ2n) is 8.83. The van der Waals surface area contributed by atoms with Crippen molar-refractivity contribution in [3.8, 4) is 11.1 Å². The van der Waals surface area contributed by atoms with E-state index >= 15 is 0 Å². The van der Waals surface area contributed by atoms with E-state index in [1.165, 1.54) is 12.1 Å². The Labute approximate surface area is 218 Å². The first-order valence-electron chi connectivity index (χ1n) is 11.9. The fraction of sp³-hybridized carbons (Fsp3) is 0.133. The van der Waals surface area contributed by atoms with Crippen molar-refractivity contribution in [1.82, 2.24) is 5.32 Å². The first-order chi connectivity index (χ1) is 18.1. The van der Waals surface area contributed by atoms with Crippen molar-refractivity contribution < 1.29 is 22.8 Å². The molecule has 5 nitrogen and oxygen atoms in total. The maximum absolute atomic E-state index is 13.1. The van der Waals surface area contributed by atoms with E-state index in [9.17, 15) is 22.8 Å². The van der Waals surface area contributed by atoms with Crippen molar-refractivity contribution in [1.29, 1.82) is 0 Å². The number of carbonyl (C=O) groups excluding carboxylic acids is 2. The number of amides is 2. The summed E-state index contributed by atoms with van der Waals surface area (Å²) in [7, 11) is 0. The Bertz CT molecular complexity index is 1440. The van der Waals surface area contributed by atoms with Gasteiger partial charge in [0.15, 0.2) is 0 Å². The van der Waals surface area contributed by atoms with Crippen molar-refractivity contribution in [3.63, 3.8) is 0 Å². The second kappa shape index (κ2) is 11.3. The minimum absolute atomic E-state index is 0.269. The van der Waals surface area contributed by atoms with Crippen LogP contribution in [0.2, 0.25) is 0 Å². The average molecular weight is 518 g/mol. The van der Waals surface area contributed by atoms with Gasteiger partial charge in [0.2, 0.25) is 5.91 Å². The fourth-order valence-corrected chi connectivity index (χ4v) is 4.05. The molecule has 4 aromatic carbocycles. The van der Waals surface area contributed by atoms with Crippen LogP contribution in [0.3, 0.4) is 0 Å². The van der Waals surface area contributed by atoms with E-state index in [1.54, 1.807) is 48.5 Å². The van der Waals surface area contributed by atoms with Gasteiger partial charge in [0.1, 0.15) is 6.04 Å². The minimum Gasteiger partial charge on any atom is -0.350 e. The molecule has 8 heteroatoms.